The fourth-order valence-electron chi connectivity index (χ4n) is 2.32. The van der Waals surface area contributed by atoms with Crippen LogP contribution >= 0.6 is 12.2 Å². The Balaban J connectivity index is 2.43. The molecule has 0 atom stereocenters. The SMILES string of the molecule is C=CCN1C(=O)/C(=C\c2ccc(OCC)cc2OCC)C(=O)NC1=S. The Morgan fingerprint density at radius 2 is 1.96 bits per heavy atom. The Hall–Kier alpha value is -2.67. The van der Waals surface area contributed by atoms with Gasteiger partial charge in [0.2, 0.25) is 0 Å². The summed E-state index contributed by atoms with van der Waals surface area (Å²) in [5.74, 6) is 0.184. The van der Waals surface area contributed by atoms with E-state index >= 15 is 0 Å². The lowest BCUT2D eigenvalue weighted by Gasteiger charge is -2.27. The van der Waals surface area contributed by atoms with Crippen LogP contribution in [-0.2, 0) is 9.59 Å². The lowest BCUT2D eigenvalue weighted by molar-refractivity contribution is -0.128. The maximum atomic E-state index is 12.6. The lowest BCUT2D eigenvalue weighted by Crippen LogP contribution is -2.53. The predicted octanol–water partition coefficient (Wildman–Crippen LogP) is 2.30. The molecular formula is C18H20N2O4S. The highest BCUT2D eigenvalue weighted by Crippen LogP contribution is 2.28. The zero-order valence-corrected chi connectivity index (χ0v) is 15.0. The number of thiocarbonyl (C=S) groups is 1. The van der Waals surface area contributed by atoms with E-state index in [4.69, 9.17) is 21.7 Å². The number of benzene rings is 1. The third kappa shape index (κ3) is 4.24. The fraction of sp³-hybridized carbons (Fsp3) is 0.278. The van der Waals surface area contributed by atoms with Crippen molar-refractivity contribution in [2.75, 3.05) is 19.8 Å². The molecule has 1 fully saturated rings. The number of nitrogens with one attached hydrogen (secondary N) is 1. The number of carbonyl (C=O) groups excluding carboxylic acids is 2. The van der Waals surface area contributed by atoms with Crippen molar-refractivity contribution in [3.8, 4) is 11.5 Å². The Labute approximate surface area is 152 Å². The third-order valence-electron chi connectivity index (χ3n) is 3.39. The van der Waals surface area contributed by atoms with Gasteiger partial charge >= 0.3 is 0 Å². The van der Waals surface area contributed by atoms with E-state index in [9.17, 15) is 9.59 Å². The van der Waals surface area contributed by atoms with Crippen LogP contribution in [0.3, 0.4) is 0 Å². The topological polar surface area (TPSA) is 67.9 Å². The van der Waals surface area contributed by atoms with E-state index in [1.807, 2.05) is 13.8 Å². The summed E-state index contributed by atoms with van der Waals surface area (Å²) in [6.45, 7) is 8.53. The third-order valence-corrected chi connectivity index (χ3v) is 3.72. The van der Waals surface area contributed by atoms with Crippen molar-refractivity contribution in [3.05, 3.63) is 42.0 Å². The average Bonchev–Trinajstić information content (AvgIpc) is 2.57. The molecule has 6 nitrogen and oxygen atoms in total. The van der Waals surface area contributed by atoms with Gasteiger partial charge in [0.1, 0.15) is 17.1 Å². The minimum atomic E-state index is -0.536. The largest absolute Gasteiger partial charge is 0.494 e. The molecule has 2 rings (SSSR count). The van der Waals surface area contributed by atoms with E-state index in [0.29, 0.717) is 30.3 Å². The van der Waals surface area contributed by atoms with E-state index in [-0.39, 0.29) is 17.2 Å². The summed E-state index contributed by atoms with van der Waals surface area (Å²) in [7, 11) is 0. The molecule has 1 N–H and O–H groups in total. The molecule has 7 heteroatoms. The first-order chi connectivity index (χ1) is 12.0. The van der Waals surface area contributed by atoms with E-state index in [0.717, 1.165) is 0 Å². The van der Waals surface area contributed by atoms with Crippen LogP contribution in [0.5, 0.6) is 11.5 Å². The summed E-state index contributed by atoms with van der Waals surface area (Å²) >= 11 is 5.03. The highest BCUT2D eigenvalue weighted by molar-refractivity contribution is 7.80. The monoisotopic (exact) mass is 360 g/mol. The van der Waals surface area contributed by atoms with Gasteiger partial charge in [-0.15, -0.1) is 6.58 Å². The molecule has 2 amide bonds. The Morgan fingerprint density at radius 3 is 2.60 bits per heavy atom. The van der Waals surface area contributed by atoms with Crippen molar-refractivity contribution in [2.45, 2.75) is 13.8 Å². The molecule has 0 aromatic heterocycles. The van der Waals surface area contributed by atoms with Crippen LogP contribution in [0.4, 0.5) is 0 Å². The lowest BCUT2D eigenvalue weighted by atomic mass is 10.1. The highest BCUT2D eigenvalue weighted by Gasteiger charge is 2.32. The summed E-state index contributed by atoms with van der Waals surface area (Å²) in [6, 6.07) is 5.24. The zero-order chi connectivity index (χ0) is 18.4. The number of hydrogen-bond acceptors (Lipinski definition) is 5. The molecule has 1 aromatic rings. The summed E-state index contributed by atoms with van der Waals surface area (Å²) < 4.78 is 11.1. The zero-order valence-electron chi connectivity index (χ0n) is 14.2. The maximum absolute atomic E-state index is 12.6. The molecule has 1 saturated heterocycles. The number of carbonyl (C=O) groups is 2. The molecule has 1 aliphatic rings. The van der Waals surface area contributed by atoms with Crippen molar-refractivity contribution >= 4 is 35.2 Å². The van der Waals surface area contributed by atoms with Gasteiger partial charge in [0.05, 0.1) is 13.2 Å². The van der Waals surface area contributed by atoms with Gasteiger partial charge in [-0.3, -0.25) is 19.8 Å². The number of hydrogen-bond donors (Lipinski definition) is 1. The summed E-state index contributed by atoms with van der Waals surface area (Å²) in [6.07, 6.45) is 3.04. The number of amides is 2. The minimum Gasteiger partial charge on any atom is -0.494 e. The molecule has 0 unspecified atom stereocenters. The van der Waals surface area contributed by atoms with Crippen molar-refractivity contribution in [1.82, 2.24) is 10.2 Å². The highest BCUT2D eigenvalue weighted by atomic mass is 32.1. The molecule has 0 spiro atoms. The molecule has 0 saturated carbocycles. The van der Waals surface area contributed by atoms with Crippen LogP contribution in [0.25, 0.3) is 6.08 Å². The minimum absolute atomic E-state index is 0.0134. The van der Waals surface area contributed by atoms with Gasteiger partial charge < -0.3 is 9.47 Å². The molecule has 0 aliphatic carbocycles. The first kappa shape index (κ1) is 18.7. The van der Waals surface area contributed by atoms with Crippen LogP contribution in [-0.4, -0.2) is 41.6 Å². The molecule has 1 heterocycles. The van der Waals surface area contributed by atoms with Crippen LogP contribution in [0.1, 0.15) is 19.4 Å². The molecule has 0 bridgehead atoms. The molecule has 25 heavy (non-hydrogen) atoms. The van der Waals surface area contributed by atoms with Crippen LogP contribution in [0.15, 0.2) is 36.4 Å². The van der Waals surface area contributed by atoms with Gasteiger partial charge in [-0.05, 0) is 44.3 Å². The van der Waals surface area contributed by atoms with E-state index < -0.39 is 11.8 Å². The second-order valence-electron chi connectivity index (χ2n) is 5.09. The fourth-order valence-corrected chi connectivity index (χ4v) is 2.57. The molecule has 1 aromatic carbocycles. The molecule has 0 radical (unpaired) electrons. The number of ether oxygens (including phenoxy) is 2. The van der Waals surface area contributed by atoms with Gasteiger partial charge in [0.15, 0.2) is 5.11 Å². The van der Waals surface area contributed by atoms with Crippen molar-refractivity contribution in [2.24, 2.45) is 0 Å². The van der Waals surface area contributed by atoms with Crippen LogP contribution in [0, 0.1) is 0 Å². The van der Waals surface area contributed by atoms with Gasteiger partial charge in [-0.2, -0.15) is 0 Å². The summed E-state index contributed by atoms with van der Waals surface area (Å²) in [4.78, 5) is 26.1. The second kappa shape index (κ2) is 8.43. The Kier molecular flexibility index (Phi) is 6.30. The first-order valence-corrected chi connectivity index (χ1v) is 8.32. The number of rotatable bonds is 7. The van der Waals surface area contributed by atoms with E-state index in [1.165, 1.54) is 11.0 Å². The predicted molar refractivity (Wildman–Crippen MR) is 99.4 cm³/mol. The standard InChI is InChI=1S/C18H20N2O4S/c1-4-9-20-17(22)14(16(21)19-18(20)25)10-12-7-8-13(23-5-2)11-15(12)24-6-3/h4,7-8,10-11H,1,5-6,9H2,2-3H3,(H,19,21,25)/b14-10-. The smallest absolute Gasteiger partial charge is 0.265 e. The maximum Gasteiger partial charge on any atom is 0.265 e. The second-order valence-corrected chi connectivity index (χ2v) is 5.47. The molecular weight excluding hydrogens is 340 g/mol. The van der Waals surface area contributed by atoms with Gasteiger partial charge in [-0.1, -0.05) is 6.08 Å². The van der Waals surface area contributed by atoms with Crippen molar-refractivity contribution < 1.29 is 19.1 Å². The average molecular weight is 360 g/mol. The van der Waals surface area contributed by atoms with Gasteiger partial charge in [-0.25, -0.2) is 0 Å². The summed E-state index contributed by atoms with van der Waals surface area (Å²) in [5, 5.41) is 2.59. The van der Waals surface area contributed by atoms with Crippen LogP contribution in [0.2, 0.25) is 0 Å². The number of nitrogens with zero attached hydrogens (tertiary/aromatic N) is 1. The van der Waals surface area contributed by atoms with Crippen molar-refractivity contribution in [3.63, 3.8) is 0 Å². The van der Waals surface area contributed by atoms with E-state index in [1.54, 1.807) is 24.3 Å². The molecule has 1 aliphatic heterocycles. The van der Waals surface area contributed by atoms with Crippen LogP contribution < -0.4 is 14.8 Å². The summed E-state index contributed by atoms with van der Waals surface area (Å²) in [5.41, 5.74) is 0.593. The van der Waals surface area contributed by atoms with Crippen molar-refractivity contribution in [1.29, 1.82) is 0 Å². The first-order valence-electron chi connectivity index (χ1n) is 7.91. The Bertz CT molecular complexity index is 743. The van der Waals surface area contributed by atoms with Gasteiger partial charge in [0.25, 0.3) is 11.8 Å². The van der Waals surface area contributed by atoms with E-state index in [2.05, 4.69) is 11.9 Å². The molecule has 132 valence electrons. The Morgan fingerprint density at radius 1 is 1.24 bits per heavy atom. The van der Waals surface area contributed by atoms with Gasteiger partial charge in [0, 0.05) is 18.2 Å². The quantitative estimate of drug-likeness (QED) is 0.350. The normalized spacial score (nSPS) is 16.0.